The van der Waals surface area contributed by atoms with Crippen LogP contribution < -0.4 is 26.0 Å². The minimum Gasteiger partial charge on any atom is -0.406 e. The number of hydrogen-bond acceptors (Lipinski definition) is 7. The van der Waals surface area contributed by atoms with Gasteiger partial charge in [-0.25, -0.2) is 9.97 Å². The van der Waals surface area contributed by atoms with Crippen LogP contribution in [0.3, 0.4) is 0 Å². The topological polar surface area (TPSA) is 117 Å². The van der Waals surface area contributed by atoms with Crippen LogP contribution in [0.5, 0.6) is 5.75 Å². The number of carbonyl (C=O) groups is 2. The van der Waals surface area contributed by atoms with Gasteiger partial charge >= 0.3 is 6.36 Å². The number of hydrogen-bond donors (Lipinski definition) is 4. The van der Waals surface area contributed by atoms with Crippen LogP contribution in [0.4, 0.5) is 24.8 Å². The lowest BCUT2D eigenvalue weighted by Crippen LogP contribution is -2.29. The summed E-state index contributed by atoms with van der Waals surface area (Å²) in [5.74, 6) is 0.707. The fourth-order valence-corrected chi connectivity index (χ4v) is 3.26. The highest BCUT2D eigenvalue weighted by atomic mass is 19.4. The van der Waals surface area contributed by atoms with E-state index in [9.17, 15) is 22.8 Å². The summed E-state index contributed by atoms with van der Waals surface area (Å²) in [6, 6.07) is 14.1. The number of rotatable bonds is 11. The van der Waals surface area contributed by atoms with E-state index in [1.54, 1.807) is 0 Å². The predicted octanol–water partition coefficient (Wildman–Crippen LogP) is 3.74. The fourth-order valence-electron chi connectivity index (χ4n) is 3.26. The predicted molar refractivity (Wildman–Crippen MR) is 133 cm³/mol. The molecule has 0 radical (unpaired) electrons. The van der Waals surface area contributed by atoms with Gasteiger partial charge in [-0.1, -0.05) is 30.3 Å². The lowest BCUT2D eigenvalue weighted by molar-refractivity contribution is -0.274. The molecule has 12 heteroatoms. The highest BCUT2D eigenvalue weighted by molar-refractivity contribution is 5.94. The molecule has 37 heavy (non-hydrogen) atoms. The quantitative estimate of drug-likeness (QED) is 0.287. The molecule has 9 nitrogen and oxygen atoms in total. The van der Waals surface area contributed by atoms with Gasteiger partial charge in [0.25, 0.3) is 5.91 Å². The smallest absolute Gasteiger partial charge is 0.406 e. The van der Waals surface area contributed by atoms with Crippen LogP contribution in [0.1, 0.15) is 22.8 Å². The molecule has 0 fully saturated rings. The summed E-state index contributed by atoms with van der Waals surface area (Å²) in [6.07, 6.45) is -4.80. The van der Waals surface area contributed by atoms with Crippen LogP contribution in [0.15, 0.2) is 54.6 Å². The van der Waals surface area contributed by atoms with Crippen molar-refractivity contribution in [3.05, 3.63) is 65.7 Å². The first-order chi connectivity index (χ1) is 17.6. The van der Waals surface area contributed by atoms with Gasteiger partial charge < -0.3 is 26.0 Å². The third-order valence-corrected chi connectivity index (χ3v) is 5.02. The Balaban J connectivity index is 1.62. The van der Waals surface area contributed by atoms with E-state index in [2.05, 4.69) is 36.0 Å². The van der Waals surface area contributed by atoms with E-state index in [1.165, 1.54) is 19.1 Å². The zero-order valence-electron chi connectivity index (χ0n) is 20.3. The van der Waals surface area contributed by atoms with Crippen LogP contribution >= 0.6 is 0 Å². The Morgan fingerprint density at radius 1 is 0.838 bits per heavy atom. The average molecular weight is 517 g/mol. The second-order valence-electron chi connectivity index (χ2n) is 7.90. The number of alkyl halides is 3. The summed E-state index contributed by atoms with van der Waals surface area (Å²) < 4.78 is 40.7. The van der Waals surface area contributed by atoms with Crippen LogP contribution in [-0.4, -0.2) is 54.3 Å². The number of ether oxygens (including phenoxy) is 1. The summed E-state index contributed by atoms with van der Waals surface area (Å²) in [6.45, 7) is 4.75. The maximum absolute atomic E-state index is 12.3. The molecule has 0 saturated carbocycles. The number of nitrogens with one attached hydrogen (secondary N) is 4. The van der Waals surface area contributed by atoms with Gasteiger partial charge in [0, 0.05) is 49.8 Å². The molecule has 0 bridgehead atoms. The lowest BCUT2D eigenvalue weighted by Gasteiger charge is -2.16. The number of halogens is 3. The Hall–Kier alpha value is -4.35. The van der Waals surface area contributed by atoms with Crippen molar-refractivity contribution in [2.24, 2.45) is 0 Å². The minimum absolute atomic E-state index is 0.124. The molecular weight excluding hydrogens is 489 g/mol. The van der Waals surface area contributed by atoms with Crippen molar-refractivity contribution >= 4 is 23.5 Å². The first-order valence-electron chi connectivity index (χ1n) is 11.4. The summed E-state index contributed by atoms with van der Waals surface area (Å²) >= 11 is 0. The number of carbonyl (C=O) groups excluding carboxylic acids is 2. The van der Waals surface area contributed by atoms with Gasteiger partial charge in [0.2, 0.25) is 5.91 Å². The highest BCUT2D eigenvalue weighted by Gasteiger charge is 2.31. The number of amides is 2. The Bertz CT molecular complexity index is 1200. The summed E-state index contributed by atoms with van der Waals surface area (Å²) in [7, 11) is 0. The number of benzene rings is 2. The van der Waals surface area contributed by atoms with Gasteiger partial charge in [-0.2, -0.15) is 0 Å². The minimum atomic E-state index is -4.80. The van der Waals surface area contributed by atoms with E-state index in [0.717, 1.165) is 23.3 Å². The van der Waals surface area contributed by atoms with Gasteiger partial charge in [0.15, 0.2) is 5.82 Å². The second kappa shape index (κ2) is 12.6. The van der Waals surface area contributed by atoms with Crippen LogP contribution in [-0.2, 0) is 4.79 Å². The monoisotopic (exact) mass is 516 g/mol. The van der Waals surface area contributed by atoms with Crippen molar-refractivity contribution in [1.82, 2.24) is 20.6 Å². The lowest BCUT2D eigenvalue weighted by atomic mass is 10.2. The zero-order chi connectivity index (χ0) is 26.8. The molecule has 0 saturated heterocycles. The number of nitrogens with zero attached hydrogens (tertiary/aromatic N) is 2. The van der Waals surface area contributed by atoms with Crippen LogP contribution in [0.2, 0.25) is 0 Å². The molecule has 4 N–H and O–H groups in total. The number of anilines is 2. The molecule has 3 aromatic rings. The summed E-state index contributed by atoms with van der Waals surface area (Å²) in [5.41, 5.74) is 1.78. The summed E-state index contributed by atoms with van der Waals surface area (Å²) in [4.78, 5) is 32.7. The van der Waals surface area contributed by atoms with Gasteiger partial charge in [-0.05, 0) is 31.2 Å². The van der Waals surface area contributed by atoms with E-state index in [0.29, 0.717) is 37.1 Å². The van der Waals surface area contributed by atoms with Gasteiger partial charge in [-0.3, -0.25) is 9.59 Å². The molecule has 2 amide bonds. The van der Waals surface area contributed by atoms with Crippen molar-refractivity contribution < 1.29 is 27.5 Å². The van der Waals surface area contributed by atoms with Crippen molar-refractivity contribution in [1.29, 1.82) is 0 Å². The first-order valence-corrected chi connectivity index (χ1v) is 11.4. The molecule has 0 unspecified atom stereocenters. The van der Waals surface area contributed by atoms with E-state index in [-0.39, 0.29) is 18.0 Å². The number of aromatic nitrogens is 2. The molecule has 0 atom stereocenters. The second-order valence-corrected chi connectivity index (χ2v) is 7.90. The molecular formula is C25H27F3N6O3. The Kier molecular flexibility index (Phi) is 9.25. The molecule has 3 rings (SSSR count). The normalized spacial score (nSPS) is 10.9. The van der Waals surface area contributed by atoms with Crippen molar-refractivity contribution in [2.75, 3.05) is 36.8 Å². The summed E-state index contributed by atoms with van der Waals surface area (Å²) in [5, 5.41) is 11.8. The van der Waals surface area contributed by atoms with E-state index >= 15 is 0 Å². The molecule has 1 heterocycles. The molecule has 0 aliphatic rings. The Morgan fingerprint density at radius 2 is 1.41 bits per heavy atom. The van der Waals surface area contributed by atoms with Crippen LogP contribution in [0, 0.1) is 6.92 Å². The Morgan fingerprint density at radius 3 is 1.95 bits per heavy atom. The average Bonchev–Trinajstić information content (AvgIpc) is 2.85. The van der Waals surface area contributed by atoms with Gasteiger partial charge in [0.05, 0.1) is 0 Å². The third-order valence-electron chi connectivity index (χ3n) is 5.02. The zero-order valence-corrected chi connectivity index (χ0v) is 20.3. The largest absolute Gasteiger partial charge is 0.573 e. The molecule has 2 aromatic carbocycles. The van der Waals surface area contributed by atoms with Crippen molar-refractivity contribution in [2.45, 2.75) is 20.2 Å². The molecule has 1 aromatic heterocycles. The standard InChI is InChI=1S/C25H27F3N6O3/c1-16-21(30-13-12-29-17(2)35)33-23(18-6-4-3-5-7-18)34-22(16)31-14-15-32-24(36)19-8-10-20(11-9-19)37-25(26,27)28/h3-11H,12-15H2,1-2H3,(H,29,35)(H,32,36)(H2,30,31,33,34). The SMILES string of the molecule is CC(=O)NCCNc1nc(-c2ccccc2)nc(NCCNC(=O)c2ccc(OC(F)(F)F)cc2)c1C. The molecule has 0 aliphatic heterocycles. The van der Waals surface area contributed by atoms with Crippen LogP contribution in [0.25, 0.3) is 11.4 Å². The first kappa shape index (κ1) is 27.2. The van der Waals surface area contributed by atoms with Crippen molar-refractivity contribution in [3.8, 4) is 17.1 Å². The highest BCUT2D eigenvalue weighted by Crippen LogP contribution is 2.25. The maximum Gasteiger partial charge on any atom is 0.573 e. The fraction of sp³-hybridized carbons (Fsp3) is 0.280. The van der Waals surface area contributed by atoms with Gasteiger partial charge in [-0.15, -0.1) is 13.2 Å². The van der Waals surface area contributed by atoms with E-state index in [4.69, 9.17) is 0 Å². The Labute approximate surface area is 211 Å². The van der Waals surface area contributed by atoms with Crippen molar-refractivity contribution in [3.63, 3.8) is 0 Å². The third kappa shape index (κ3) is 8.67. The van der Waals surface area contributed by atoms with Gasteiger partial charge in [0.1, 0.15) is 17.4 Å². The van der Waals surface area contributed by atoms with E-state index < -0.39 is 18.0 Å². The molecule has 0 spiro atoms. The van der Waals surface area contributed by atoms with E-state index in [1.807, 2.05) is 37.3 Å². The maximum atomic E-state index is 12.3. The molecule has 196 valence electrons. The molecule has 0 aliphatic carbocycles.